The number of hydrogen-bond acceptors (Lipinski definition) is 6. The van der Waals surface area contributed by atoms with Crippen molar-refractivity contribution in [1.29, 1.82) is 0 Å². The number of amides is 2. The number of carbonyl (C=O) groups is 2. The number of hydrogen-bond donors (Lipinski definition) is 2. The summed E-state index contributed by atoms with van der Waals surface area (Å²) < 4.78 is 41.3. The Balaban J connectivity index is 1.97. The van der Waals surface area contributed by atoms with Gasteiger partial charge >= 0.3 is 6.18 Å². The lowest BCUT2D eigenvalue weighted by atomic mass is 9.85. The quantitative estimate of drug-likeness (QED) is 0.707. The molecule has 176 valence electrons. The smallest absolute Gasteiger partial charge is 0.391 e. The lowest BCUT2D eigenvalue weighted by Gasteiger charge is -2.34. The van der Waals surface area contributed by atoms with E-state index in [1.807, 2.05) is 0 Å². The van der Waals surface area contributed by atoms with E-state index in [2.05, 4.69) is 20.7 Å². The van der Waals surface area contributed by atoms with Gasteiger partial charge < -0.3 is 15.3 Å². The molecular formula is C19H26F3N7O3. The fourth-order valence-electron chi connectivity index (χ4n) is 3.88. The van der Waals surface area contributed by atoms with E-state index in [1.54, 1.807) is 20.8 Å². The van der Waals surface area contributed by atoms with Crippen molar-refractivity contribution in [3.8, 4) is 11.4 Å². The van der Waals surface area contributed by atoms with Gasteiger partial charge in [0.05, 0.1) is 18.0 Å². The molecule has 1 saturated heterocycles. The molecule has 3 rings (SSSR count). The number of β-amino-alcohol motifs (C(OH)–C–C–N with tert-alkyl or cyclic N) is 1. The van der Waals surface area contributed by atoms with Gasteiger partial charge in [-0.05, 0) is 11.5 Å². The summed E-state index contributed by atoms with van der Waals surface area (Å²) in [6, 6.07) is -0.890. The number of alkyl halides is 3. The predicted octanol–water partition coefficient (Wildman–Crippen LogP) is 0.992. The monoisotopic (exact) mass is 457 g/mol. The third-order valence-corrected chi connectivity index (χ3v) is 5.37. The minimum Gasteiger partial charge on any atom is -0.391 e. The number of likely N-dealkylation sites (tertiary alicyclic amines) is 1. The maximum absolute atomic E-state index is 13.5. The molecule has 0 bridgehead atoms. The lowest BCUT2D eigenvalue weighted by Crippen LogP contribution is -2.49. The summed E-state index contributed by atoms with van der Waals surface area (Å²) in [5.41, 5.74) is -1.55. The number of carbonyl (C=O) groups excluding carboxylic acids is 2. The van der Waals surface area contributed by atoms with Crippen LogP contribution in [0.3, 0.4) is 0 Å². The van der Waals surface area contributed by atoms with Gasteiger partial charge in [0.2, 0.25) is 11.8 Å². The van der Waals surface area contributed by atoms with Crippen LogP contribution >= 0.6 is 0 Å². The third-order valence-electron chi connectivity index (χ3n) is 5.37. The number of rotatable bonds is 4. The molecule has 0 aromatic carbocycles. The van der Waals surface area contributed by atoms with Crippen molar-refractivity contribution >= 4 is 11.8 Å². The van der Waals surface area contributed by atoms with E-state index in [4.69, 9.17) is 0 Å². The summed E-state index contributed by atoms with van der Waals surface area (Å²) in [7, 11) is 2.80. The highest BCUT2D eigenvalue weighted by Gasteiger charge is 2.45. The second-order valence-corrected chi connectivity index (χ2v) is 8.90. The van der Waals surface area contributed by atoms with Crippen molar-refractivity contribution in [3.63, 3.8) is 0 Å². The topological polar surface area (TPSA) is 118 Å². The highest BCUT2D eigenvalue weighted by atomic mass is 19.4. The summed E-state index contributed by atoms with van der Waals surface area (Å²) in [6.07, 6.45) is -3.96. The molecule has 1 aliphatic heterocycles. The van der Waals surface area contributed by atoms with Crippen LogP contribution in [0.1, 0.15) is 38.9 Å². The van der Waals surface area contributed by atoms with Crippen molar-refractivity contribution in [2.45, 2.75) is 51.6 Å². The van der Waals surface area contributed by atoms with E-state index >= 15 is 0 Å². The van der Waals surface area contributed by atoms with Gasteiger partial charge in [-0.3, -0.25) is 14.3 Å². The molecule has 3 heterocycles. The molecule has 2 aromatic rings. The Morgan fingerprint density at radius 2 is 1.94 bits per heavy atom. The Bertz CT molecular complexity index is 1010. The predicted molar refractivity (Wildman–Crippen MR) is 106 cm³/mol. The molecule has 0 radical (unpaired) electrons. The molecule has 2 amide bonds. The standard InChI is InChI=1S/C19H26F3N7O3/c1-18(2,3)15(17(32)28-8-10(30)6-13(28)16(31)23-4)29-9-11(24-26-29)12-7-14(19(20,21)22)25-27(12)5/h7,9-10,13,15,30H,6,8H2,1-5H3,(H,23,31)/t10?,13?,15-/m1/s1. The van der Waals surface area contributed by atoms with Crippen molar-refractivity contribution < 1.29 is 27.9 Å². The summed E-state index contributed by atoms with van der Waals surface area (Å²) >= 11 is 0. The minimum absolute atomic E-state index is 0.0122. The van der Waals surface area contributed by atoms with Gasteiger partial charge in [0, 0.05) is 27.1 Å². The van der Waals surface area contributed by atoms with E-state index in [-0.39, 0.29) is 24.4 Å². The summed E-state index contributed by atoms with van der Waals surface area (Å²) in [4.78, 5) is 27.0. The Morgan fingerprint density at radius 3 is 2.47 bits per heavy atom. The van der Waals surface area contributed by atoms with E-state index in [0.717, 1.165) is 10.7 Å². The zero-order valence-electron chi connectivity index (χ0n) is 18.4. The molecule has 1 aliphatic rings. The maximum atomic E-state index is 13.5. The number of likely N-dealkylation sites (N-methyl/N-ethyl adjacent to an activating group) is 1. The van der Waals surface area contributed by atoms with Crippen LogP contribution in [0.15, 0.2) is 12.3 Å². The first-order chi connectivity index (χ1) is 14.7. The second kappa shape index (κ2) is 8.19. The largest absolute Gasteiger partial charge is 0.435 e. The average Bonchev–Trinajstić information content (AvgIpc) is 3.37. The fraction of sp³-hybridized carbons (Fsp3) is 0.632. The molecule has 0 aliphatic carbocycles. The number of aliphatic hydroxyl groups excluding tert-OH is 1. The van der Waals surface area contributed by atoms with Gasteiger partial charge in [-0.25, -0.2) is 4.68 Å². The number of aliphatic hydroxyl groups is 1. The van der Waals surface area contributed by atoms with Crippen molar-refractivity contribution in [1.82, 2.24) is 35.0 Å². The molecule has 2 N–H and O–H groups in total. The minimum atomic E-state index is -4.61. The zero-order chi connectivity index (χ0) is 24.0. The summed E-state index contributed by atoms with van der Waals surface area (Å²) in [6.45, 7) is 5.38. The van der Waals surface area contributed by atoms with E-state index < -0.39 is 47.3 Å². The van der Waals surface area contributed by atoms with Crippen LogP contribution in [0.2, 0.25) is 0 Å². The molecule has 0 spiro atoms. The average molecular weight is 457 g/mol. The number of nitrogens with one attached hydrogen (secondary N) is 1. The molecule has 10 nitrogen and oxygen atoms in total. The fourth-order valence-corrected chi connectivity index (χ4v) is 3.88. The van der Waals surface area contributed by atoms with Crippen LogP contribution in [-0.2, 0) is 22.8 Å². The van der Waals surface area contributed by atoms with Crippen LogP contribution in [0, 0.1) is 5.41 Å². The number of halogens is 3. The van der Waals surface area contributed by atoms with Gasteiger partial charge in [-0.15, -0.1) is 5.10 Å². The first-order valence-corrected chi connectivity index (χ1v) is 9.97. The van der Waals surface area contributed by atoms with Gasteiger partial charge in [0.25, 0.3) is 0 Å². The molecular weight excluding hydrogens is 431 g/mol. The van der Waals surface area contributed by atoms with E-state index in [1.165, 1.54) is 29.9 Å². The van der Waals surface area contributed by atoms with Crippen LogP contribution in [0.4, 0.5) is 13.2 Å². The van der Waals surface area contributed by atoms with Gasteiger partial charge in [0.15, 0.2) is 5.69 Å². The summed E-state index contributed by atoms with van der Waals surface area (Å²) in [5.74, 6) is -0.837. The first-order valence-electron chi connectivity index (χ1n) is 9.97. The Labute approximate surface area is 182 Å². The van der Waals surface area contributed by atoms with Crippen LogP contribution < -0.4 is 5.32 Å². The van der Waals surface area contributed by atoms with E-state index in [9.17, 15) is 27.9 Å². The molecule has 3 atom stereocenters. The van der Waals surface area contributed by atoms with Crippen LogP contribution in [0.25, 0.3) is 11.4 Å². The SMILES string of the molecule is CNC(=O)C1CC(O)CN1C(=O)[C@@H](n1cc(-c2cc(C(F)(F)F)nn2C)nn1)C(C)(C)C. The van der Waals surface area contributed by atoms with E-state index in [0.29, 0.717) is 0 Å². The zero-order valence-corrected chi connectivity index (χ0v) is 18.4. The van der Waals surface area contributed by atoms with Crippen molar-refractivity contribution in [3.05, 3.63) is 18.0 Å². The van der Waals surface area contributed by atoms with Gasteiger partial charge in [-0.2, -0.15) is 18.3 Å². The Hall–Kier alpha value is -2.96. The molecule has 0 saturated carbocycles. The van der Waals surface area contributed by atoms with Crippen LogP contribution in [-0.4, -0.2) is 72.3 Å². The van der Waals surface area contributed by atoms with Gasteiger partial charge in [-0.1, -0.05) is 26.0 Å². The number of aryl methyl sites for hydroxylation is 1. The maximum Gasteiger partial charge on any atom is 0.435 e. The molecule has 1 fully saturated rings. The summed E-state index contributed by atoms with van der Waals surface area (Å²) in [5, 5.41) is 24.0. The highest BCUT2D eigenvalue weighted by molar-refractivity contribution is 5.90. The molecule has 13 heteroatoms. The molecule has 2 aromatic heterocycles. The van der Waals surface area contributed by atoms with Crippen molar-refractivity contribution in [2.24, 2.45) is 12.5 Å². The Kier molecular flexibility index (Phi) is 6.06. The molecule has 2 unspecified atom stereocenters. The second-order valence-electron chi connectivity index (χ2n) is 8.90. The highest BCUT2D eigenvalue weighted by Crippen LogP contribution is 2.35. The first kappa shape index (κ1) is 23.7. The number of aromatic nitrogens is 5. The lowest BCUT2D eigenvalue weighted by molar-refractivity contribution is -0.144. The number of nitrogens with zero attached hydrogens (tertiary/aromatic N) is 6. The van der Waals surface area contributed by atoms with Gasteiger partial charge in [0.1, 0.15) is 17.8 Å². The molecule has 32 heavy (non-hydrogen) atoms. The van der Waals surface area contributed by atoms with Crippen LogP contribution in [0.5, 0.6) is 0 Å². The Morgan fingerprint density at radius 1 is 1.28 bits per heavy atom. The third kappa shape index (κ3) is 4.47. The normalized spacial score (nSPS) is 20.5. The van der Waals surface area contributed by atoms with Crippen molar-refractivity contribution in [2.75, 3.05) is 13.6 Å².